The highest BCUT2D eigenvalue weighted by atomic mass is 16.6. The Morgan fingerprint density at radius 2 is 1.89 bits per heavy atom. The molecule has 0 saturated heterocycles. The molecule has 0 aliphatic carbocycles. The molecule has 5 nitrogen and oxygen atoms in total. The van der Waals surface area contributed by atoms with Crippen LogP contribution in [0, 0.1) is 0 Å². The monoisotopic (exact) mass is 136 g/mol. The second-order valence-corrected chi connectivity index (χ2v) is 1.71. The summed E-state index contributed by atoms with van der Waals surface area (Å²) in [4.78, 5) is 9.80. The van der Waals surface area contributed by atoms with Crippen LogP contribution < -0.4 is 0 Å². The van der Waals surface area contributed by atoms with E-state index < -0.39 is 17.9 Å². The summed E-state index contributed by atoms with van der Waals surface area (Å²) < 4.78 is 0. The van der Waals surface area contributed by atoms with Crippen molar-refractivity contribution in [3.8, 4) is 0 Å². The Morgan fingerprint density at radius 3 is 1.89 bits per heavy atom. The number of hydrogen-bond donors (Lipinski definition) is 4. The minimum Gasteiger partial charge on any atom is -0.477 e. The fraction of sp³-hybridized carbons (Fsp3) is 0.750. The molecule has 0 rings (SSSR count). The van der Waals surface area contributed by atoms with Crippen molar-refractivity contribution >= 4 is 5.97 Å². The van der Waals surface area contributed by atoms with Crippen LogP contribution in [-0.4, -0.2) is 38.3 Å². The van der Waals surface area contributed by atoms with Crippen molar-refractivity contribution in [1.29, 1.82) is 0 Å². The number of carboxylic acid groups (broad SMARTS) is 1. The van der Waals surface area contributed by atoms with Crippen LogP contribution in [0.25, 0.3) is 0 Å². The van der Waals surface area contributed by atoms with Gasteiger partial charge in [-0.05, 0) is 6.92 Å². The molecule has 0 bridgehead atoms. The van der Waals surface area contributed by atoms with Crippen LogP contribution in [0.2, 0.25) is 0 Å². The Hall–Kier alpha value is -0.650. The molecule has 0 spiro atoms. The smallest absolute Gasteiger partial charge is 0.366 e. The van der Waals surface area contributed by atoms with Gasteiger partial charge in [-0.15, -0.1) is 0 Å². The van der Waals surface area contributed by atoms with Gasteiger partial charge >= 0.3 is 5.97 Å². The van der Waals surface area contributed by atoms with Gasteiger partial charge in [-0.25, -0.2) is 4.79 Å². The van der Waals surface area contributed by atoms with Gasteiger partial charge in [0.2, 0.25) is 0 Å². The maximum absolute atomic E-state index is 9.80. The minimum atomic E-state index is -3.03. The molecule has 54 valence electrons. The molecule has 0 fully saturated rings. The lowest BCUT2D eigenvalue weighted by atomic mass is 10.2. The van der Waals surface area contributed by atoms with Gasteiger partial charge < -0.3 is 20.4 Å². The van der Waals surface area contributed by atoms with E-state index in [-0.39, 0.29) is 0 Å². The summed E-state index contributed by atoms with van der Waals surface area (Å²) in [7, 11) is 0. The lowest BCUT2D eigenvalue weighted by Gasteiger charge is -2.18. The summed E-state index contributed by atoms with van der Waals surface area (Å²) in [6.07, 6.45) is -1.70. The molecule has 0 aromatic heterocycles. The fourth-order valence-electron chi connectivity index (χ4n) is 0.179. The Morgan fingerprint density at radius 1 is 1.56 bits per heavy atom. The van der Waals surface area contributed by atoms with Gasteiger partial charge in [-0.2, -0.15) is 0 Å². The molecule has 0 heterocycles. The second-order valence-electron chi connectivity index (χ2n) is 1.71. The number of carboxylic acids is 1. The van der Waals surface area contributed by atoms with E-state index in [0.29, 0.717) is 0 Å². The third-order valence-corrected chi connectivity index (χ3v) is 0.897. The molecule has 9 heavy (non-hydrogen) atoms. The quantitative estimate of drug-likeness (QED) is 0.333. The maximum atomic E-state index is 9.80. The minimum absolute atomic E-state index is 0.966. The zero-order valence-electron chi connectivity index (χ0n) is 4.77. The summed E-state index contributed by atoms with van der Waals surface area (Å²) in [5.41, 5.74) is 0. The highest BCUT2D eigenvalue weighted by Gasteiger charge is 2.38. The van der Waals surface area contributed by atoms with Crippen LogP contribution >= 0.6 is 0 Å². The van der Waals surface area contributed by atoms with E-state index >= 15 is 0 Å². The van der Waals surface area contributed by atoms with E-state index in [1.54, 1.807) is 0 Å². The number of aliphatic carboxylic acids is 1. The molecule has 5 heteroatoms. The van der Waals surface area contributed by atoms with E-state index in [9.17, 15) is 4.79 Å². The number of aliphatic hydroxyl groups excluding tert-OH is 1. The summed E-state index contributed by atoms with van der Waals surface area (Å²) in [5.74, 6) is -4.89. The predicted octanol–water partition coefficient (Wildman–Crippen LogP) is -1.87. The van der Waals surface area contributed by atoms with Gasteiger partial charge in [0.1, 0.15) is 6.10 Å². The average Bonchev–Trinajstić information content (AvgIpc) is 1.65. The average molecular weight is 136 g/mol. The predicted molar refractivity (Wildman–Crippen MR) is 26.5 cm³/mol. The normalized spacial score (nSPS) is 15.1. The van der Waals surface area contributed by atoms with E-state index in [1.165, 1.54) is 0 Å². The van der Waals surface area contributed by atoms with Crippen molar-refractivity contribution in [1.82, 2.24) is 0 Å². The second kappa shape index (κ2) is 2.30. The molecular weight excluding hydrogens is 128 g/mol. The van der Waals surface area contributed by atoms with Crippen LogP contribution in [0.1, 0.15) is 6.92 Å². The van der Waals surface area contributed by atoms with E-state index in [1.807, 2.05) is 0 Å². The molecule has 0 amide bonds. The zero-order valence-corrected chi connectivity index (χ0v) is 4.77. The van der Waals surface area contributed by atoms with Gasteiger partial charge in [0.25, 0.3) is 5.79 Å². The zero-order chi connectivity index (χ0) is 7.65. The van der Waals surface area contributed by atoms with Crippen molar-refractivity contribution in [2.24, 2.45) is 0 Å². The van der Waals surface area contributed by atoms with Gasteiger partial charge in [0.15, 0.2) is 0 Å². The van der Waals surface area contributed by atoms with Gasteiger partial charge in [-0.1, -0.05) is 0 Å². The van der Waals surface area contributed by atoms with Crippen LogP contribution in [0.4, 0.5) is 0 Å². The lowest BCUT2D eigenvalue weighted by molar-refractivity contribution is -0.232. The van der Waals surface area contributed by atoms with E-state index in [2.05, 4.69) is 0 Å². The third kappa shape index (κ3) is 1.63. The Labute approximate surface area is 51.2 Å². The first-order chi connectivity index (χ1) is 3.89. The van der Waals surface area contributed by atoms with Gasteiger partial charge in [0, 0.05) is 0 Å². The van der Waals surface area contributed by atoms with Crippen LogP contribution in [-0.2, 0) is 4.79 Å². The van der Waals surface area contributed by atoms with E-state index in [0.717, 1.165) is 6.92 Å². The molecule has 0 aromatic carbocycles. The molecule has 0 saturated carbocycles. The highest BCUT2D eigenvalue weighted by molar-refractivity contribution is 5.75. The largest absolute Gasteiger partial charge is 0.477 e. The number of rotatable bonds is 2. The van der Waals surface area contributed by atoms with Crippen LogP contribution in [0.15, 0.2) is 0 Å². The SMILES string of the molecule is C[C@@H](O)C(O)(O)C(=O)O. The molecule has 0 radical (unpaired) electrons. The number of hydrogen-bond acceptors (Lipinski definition) is 4. The van der Waals surface area contributed by atoms with Crippen molar-refractivity contribution < 1.29 is 25.2 Å². The molecule has 1 atom stereocenters. The van der Waals surface area contributed by atoms with E-state index in [4.69, 9.17) is 20.4 Å². The number of carbonyl (C=O) groups is 1. The fourth-order valence-corrected chi connectivity index (χ4v) is 0.179. The molecular formula is C4H8O5. The van der Waals surface area contributed by atoms with Crippen LogP contribution in [0.3, 0.4) is 0 Å². The summed E-state index contributed by atoms with van der Waals surface area (Å²) in [6, 6.07) is 0. The summed E-state index contributed by atoms with van der Waals surface area (Å²) >= 11 is 0. The Kier molecular flexibility index (Phi) is 2.13. The van der Waals surface area contributed by atoms with Crippen molar-refractivity contribution in [3.05, 3.63) is 0 Å². The van der Waals surface area contributed by atoms with Crippen molar-refractivity contribution in [3.63, 3.8) is 0 Å². The maximum Gasteiger partial charge on any atom is 0.366 e. The molecule has 0 unspecified atom stereocenters. The highest BCUT2D eigenvalue weighted by Crippen LogP contribution is 2.04. The van der Waals surface area contributed by atoms with Crippen LogP contribution in [0.5, 0.6) is 0 Å². The molecule has 0 aliphatic rings. The van der Waals surface area contributed by atoms with Gasteiger partial charge in [-0.3, -0.25) is 0 Å². The summed E-state index contributed by atoms with van der Waals surface area (Å²) in [6.45, 7) is 0.966. The summed E-state index contributed by atoms with van der Waals surface area (Å²) in [5, 5.41) is 33.1. The first kappa shape index (κ1) is 8.35. The lowest BCUT2D eigenvalue weighted by Crippen LogP contribution is -2.47. The first-order valence-electron chi connectivity index (χ1n) is 2.25. The van der Waals surface area contributed by atoms with Crippen molar-refractivity contribution in [2.45, 2.75) is 18.8 Å². The topological polar surface area (TPSA) is 98.0 Å². The first-order valence-corrected chi connectivity index (χ1v) is 2.25. The number of aliphatic hydroxyl groups is 3. The standard InChI is InChI=1S/C4H8O5/c1-2(5)4(8,9)3(6)7/h2,5,8-9H,1H3,(H,6,7)/t2-/m1/s1. The third-order valence-electron chi connectivity index (χ3n) is 0.897. The Balaban J connectivity index is 4.19. The molecule has 0 aromatic rings. The molecule has 4 N–H and O–H groups in total. The van der Waals surface area contributed by atoms with Crippen molar-refractivity contribution in [2.75, 3.05) is 0 Å². The molecule has 0 aliphatic heterocycles. The Bertz CT molecular complexity index is 116. The van der Waals surface area contributed by atoms with Gasteiger partial charge in [0.05, 0.1) is 0 Å².